The van der Waals surface area contributed by atoms with Crippen LogP contribution in [0.15, 0.2) is 22.7 Å². The number of nitrogens with zero attached hydrogens (tertiary/aromatic N) is 1. The molecule has 0 fully saturated rings. The Hall–Kier alpha value is -1.11. The van der Waals surface area contributed by atoms with E-state index in [0.717, 1.165) is 27.1 Å². The number of carbonyl (C=O) groups is 1. The third-order valence-electron chi connectivity index (χ3n) is 2.32. The molecule has 0 saturated carbocycles. The van der Waals surface area contributed by atoms with E-state index in [1.165, 1.54) is 7.11 Å². The lowest BCUT2D eigenvalue weighted by Crippen LogP contribution is -1.98. The summed E-state index contributed by atoms with van der Waals surface area (Å²) in [6.07, 6.45) is 0. The minimum Gasteiger partial charge on any atom is -0.465 e. The van der Waals surface area contributed by atoms with Gasteiger partial charge in [-0.15, -0.1) is 0 Å². The molecule has 0 atom stereocenters. The second-order valence-electron chi connectivity index (χ2n) is 3.74. The van der Waals surface area contributed by atoms with Crippen molar-refractivity contribution in [2.45, 2.75) is 6.92 Å². The molecule has 0 aliphatic heterocycles. The highest BCUT2D eigenvalue weighted by molar-refractivity contribution is 9.10. The number of nitrogens with one attached hydrogen (secondary N) is 1. The molecule has 19 heavy (non-hydrogen) atoms. The van der Waals surface area contributed by atoms with Gasteiger partial charge in [0.25, 0.3) is 0 Å². The van der Waals surface area contributed by atoms with Gasteiger partial charge in [0.1, 0.15) is 0 Å². The Labute approximate surface area is 127 Å². The molecule has 0 aliphatic rings. The van der Waals surface area contributed by atoms with E-state index in [1.807, 2.05) is 25.1 Å². The molecule has 2 rings (SSSR count). The van der Waals surface area contributed by atoms with Gasteiger partial charge in [0.05, 0.1) is 12.8 Å². The third-order valence-corrected chi connectivity index (χ3v) is 4.32. The van der Waals surface area contributed by atoms with Gasteiger partial charge in [-0.05, 0) is 40.5 Å². The van der Waals surface area contributed by atoms with Crippen LogP contribution in [0, 0.1) is 6.92 Å². The summed E-state index contributed by atoms with van der Waals surface area (Å²) in [4.78, 5) is 15.8. The molecule has 0 saturated heterocycles. The van der Waals surface area contributed by atoms with Crippen molar-refractivity contribution in [2.75, 3.05) is 12.4 Å². The van der Waals surface area contributed by atoms with Crippen molar-refractivity contribution < 1.29 is 9.53 Å². The Morgan fingerprint density at radius 3 is 2.89 bits per heavy atom. The van der Waals surface area contributed by atoms with Crippen LogP contribution in [-0.2, 0) is 4.74 Å². The number of methoxy groups -OCH3 is 1. The Balaban J connectivity index is 2.26. The minimum atomic E-state index is -0.487. The summed E-state index contributed by atoms with van der Waals surface area (Å²) in [5.41, 5.74) is 2.00. The van der Waals surface area contributed by atoms with E-state index in [-0.39, 0.29) is 10.0 Å². The lowest BCUT2D eigenvalue weighted by atomic mass is 10.2. The van der Waals surface area contributed by atoms with Crippen LogP contribution >= 0.6 is 38.9 Å². The SMILES string of the molecule is COC(=O)c1sc(Nc2ccc(C)cc2Br)nc1Cl. The predicted octanol–water partition coefficient (Wildman–Crippen LogP) is 4.40. The van der Waals surface area contributed by atoms with Crippen LogP contribution in [-0.4, -0.2) is 18.1 Å². The van der Waals surface area contributed by atoms with E-state index >= 15 is 0 Å². The van der Waals surface area contributed by atoms with Gasteiger partial charge in [0.15, 0.2) is 15.2 Å². The molecule has 0 radical (unpaired) electrons. The number of aromatic nitrogens is 1. The summed E-state index contributed by atoms with van der Waals surface area (Å²) in [6, 6.07) is 5.88. The molecule has 1 aromatic heterocycles. The number of hydrogen-bond acceptors (Lipinski definition) is 5. The highest BCUT2D eigenvalue weighted by Crippen LogP contribution is 2.32. The first kappa shape index (κ1) is 14.3. The number of ether oxygens (including phenoxy) is 1. The van der Waals surface area contributed by atoms with Gasteiger partial charge < -0.3 is 10.1 Å². The average Bonchev–Trinajstić information content (AvgIpc) is 2.73. The minimum absolute atomic E-state index is 0.141. The van der Waals surface area contributed by atoms with Crippen molar-refractivity contribution in [3.8, 4) is 0 Å². The Morgan fingerprint density at radius 1 is 1.53 bits per heavy atom. The van der Waals surface area contributed by atoms with Gasteiger partial charge in [-0.2, -0.15) is 0 Å². The second kappa shape index (κ2) is 5.90. The summed E-state index contributed by atoms with van der Waals surface area (Å²) in [5, 5.41) is 3.79. The van der Waals surface area contributed by atoms with Crippen molar-refractivity contribution in [3.05, 3.63) is 38.3 Å². The maximum absolute atomic E-state index is 11.4. The summed E-state index contributed by atoms with van der Waals surface area (Å²) in [7, 11) is 1.31. The van der Waals surface area contributed by atoms with Crippen molar-refractivity contribution >= 4 is 55.7 Å². The highest BCUT2D eigenvalue weighted by Gasteiger charge is 2.17. The summed E-state index contributed by atoms with van der Waals surface area (Å²) in [5.74, 6) is -0.487. The van der Waals surface area contributed by atoms with Gasteiger partial charge in [-0.25, -0.2) is 9.78 Å². The maximum atomic E-state index is 11.4. The quantitative estimate of drug-likeness (QED) is 0.823. The van der Waals surface area contributed by atoms with E-state index in [4.69, 9.17) is 11.6 Å². The molecule has 2 aromatic rings. The molecule has 0 unspecified atom stereocenters. The number of rotatable bonds is 3. The molecule has 7 heteroatoms. The largest absolute Gasteiger partial charge is 0.465 e. The third kappa shape index (κ3) is 3.26. The van der Waals surface area contributed by atoms with Crippen LogP contribution < -0.4 is 5.32 Å². The molecule has 1 heterocycles. The number of esters is 1. The zero-order chi connectivity index (χ0) is 14.0. The summed E-state index contributed by atoms with van der Waals surface area (Å²) in [6.45, 7) is 2.00. The van der Waals surface area contributed by atoms with Crippen LogP contribution in [0.25, 0.3) is 0 Å². The Morgan fingerprint density at radius 2 is 2.26 bits per heavy atom. The first-order valence-corrected chi connectivity index (χ1v) is 7.28. The van der Waals surface area contributed by atoms with Gasteiger partial charge in [-0.1, -0.05) is 29.0 Å². The normalized spacial score (nSPS) is 10.3. The number of anilines is 2. The lowest BCUT2D eigenvalue weighted by Gasteiger charge is -2.05. The molecule has 100 valence electrons. The van der Waals surface area contributed by atoms with Gasteiger partial charge in [0, 0.05) is 4.47 Å². The fourth-order valence-electron chi connectivity index (χ4n) is 1.41. The summed E-state index contributed by atoms with van der Waals surface area (Å²) < 4.78 is 5.55. The molecule has 0 aliphatic carbocycles. The summed E-state index contributed by atoms with van der Waals surface area (Å²) >= 11 is 10.5. The first-order valence-electron chi connectivity index (χ1n) is 5.29. The van der Waals surface area contributed by atoms with Crippen molar-refractivity contribution in [1.29, 1.82) is 0 Å². The zero-order valence-corrected chi connectivity index (χ0v) is 13.3. The molecular formula is C12H10BrClN2O2S. The molecule has 0 amide bonds. The number of hydrogen-bond donors (Lipinski definition) is 1. The van der Waals surface area contributed by atoms with E-state index < -0.39 is 5.97 Å². The Kier molecular flexibility index (Phi) is 4.44. The molecule has 1 N–H and O–H groups in total. The topological polar surface area (TPSA) is 51.2 Å². The Bertz CT molecular complexity index is 630. The van der Waals surface area contributed by atoms with E-state index in [2.05, 4.69) is 31.0 Å². The molecule has 4 nitrogen and oxygen atoms in total. The van der Waals surface area contributed by atoms with Gasteiger partial charge in [-0.3, -0.25) is 0 Å². The number of thiazole rings is 1. The average molecular weight is 362 g/mol. The van der Waals surface area contributed by atoms with E-state index in [9.17, 15) is 4.79 Å². The van der Waals surface area contributed by atoms with Crippen molar-refractivity contribution in [1.82, 2.24) is 4.98 Å². The van der Waals surface area contributed by atoms with Gasteiger partial charge in [0.2, 0.25) is 0 Å². The smallest absolute Gasteiger partial charge is 0.351 e. The van der Waals surface area contributed by atoms with Crippen LogP contribution in [0.3, 0.4) is 0 Å². The fraction of sp³-hybridized carbons (Fsp3) is 0.167. The molecular weight excluding hydrogens is 352 g/mol. The molecule has 0 spiro atoms. The number of halogens is 2. The first-order chi connectivity index (χ1) is 9.01. The van der Waals surface area contributed by atoms with E-state index in [0.29, 0.717) is 5.13 Å². The van der Waals surface area contributed by atoms with Crippen LogP contribution in [0.2, 0.25) is 5.15 Å². The lowest BCUT2D eigenvalue weighted by molar-refractivity contribution is 0.0606. The van der Waals surface area contributed by atoms with E-state index in [1.54, 1.807) is 0 Å². The van der Waals surface area contributed by atoms with Crippen molar-refractivity contribution in [2.24, 2.45) is 0 Å². The number of carbonyl (C=O) groups excluding carboxylic acids is 1. The van der Waals surface area contributed by atoms with Gasteiger partial charge >= 0.3 is 5.97 Å². The van der Waals surface area contributed by atoms with Crippen LogP contribution in [0.1, 0.15) is 15.2 Å². The predicted molar refractivity (Wildman–Crippen MR) is 80.6 cm³/mol. The fourth-order valence-corrected chi connectivity index (χ4v) is 3.12. The molecule has 0 bridgehead atoms. The highest BCUT2D eigenvalue weighted by atomic mass is 79.9. The second-order valence-corrected chi connectivity index (χ2v) is 5.95. The standard InChI is InChI=1S/C12H10BrClN2O2S/c1-6-3-4-8(7(13)5-6)15-12-16-10(14)9(19-12)11(17)18-2/h3-5H,1-2H3,(H,15,16). The molecule has 1 aromatic carbocycles. The van der Waals surface area contributed by atoms with Crippen molar-refractivity contribution in [3.63, 3.8) is 0 Å². The van der Waals surface area contributed by atoms with Crippen LogP contribution in [0.5, 0.6) is 0 Å². The zero-order valence-electron chi connectivity index (χ0n) is 10.2. The maximum Gasteiger partial charge on any atom is 0.351 e. The number of benzene rings is 1. The number of aryl methyl sites for hydroxylation is 1. The van der Waals surface area contributed by atoms with Crippen LogP contribution in [0.4, 0.5) is 10.8 Å². The monoisotopic (exact) mass is 360 g/mol.